The third-order valence-corrected chi connectivity index (χ3v) is 4.80. The summed E-state index contributed by atoms with van der Waals surface area (Å²) in [6.45, 7) is 5.04. The number of aromatic nitrogens is 4. The van der Waals surface area contributed by atoms with Crippen LogP contribution in [-0.4, -0.2) is 63.8 Å². The number of morpholine rings is 1. The van der Waals surface area contributed by atoms with Gasteiger partial charge in [0.1, 0.15) is 11.5 Å². The molecule has 0 amide bonds. The molecule has 4 rings (SSSR count). The van der Waals surface area contributed by atoms with E-state index in [0.717, 1.165) is 39.4 Å². The lowest BCUT2D eigenvalue weighted by Gasteiger charge is -2.26. The van der Waals surface area contributed by atoms with Gasteiger partial charge in [-0.15, -0.1) is 0 Å². The van der Waals surface area contributed by atoms with E-state index in [2.05, 4.69) is 25.2 Å². The molecule has 0 spiro atoms. The summed E-state index contributed by atoms with van der Waals surface area (Å²) in [5.74, 6) is 0.859. The third kappa shape index (κ3) is 4.02. The van der Waals surface area contributed by atoms with Gasteiger partial charge in [0.05, 0.1) is 13.2 Å². The molecule has 0 radical (unpaired) electrons. The summed E-state index contributed by atoms with van der Waals surface area (Å²) in [7, 11) is 1.89. The molecule has 28 heavy (non-hydrogen) atoms. The van der Waals surface area contributed by atoms with Crippen LogP contribution in [-0.2, 0) is 11.8 Å². The number of hydrogen-bond donors (Lipinski definition) is 1. The molecule has 8 heteroatoms. The SMILES string of the molecule is Cn1ccnc1-c1nc(NCCN2CCOCC2)ncc1-c1ccccc1F. The van der Waals surface area contributed by atoms with Crippen molar-refractivity contribution in [3.63, 3.8) is 0 Å². The molecule has 1 aliphatic heterocycles. The van der Waals surface area contributed by atoms with Crippen LogP contribution in [0.3, 0.4) is 0 Å². The highest BCUT2D eigenvalue weighted by Gasteiger charge is 2.17. The first kappa shape index (κ1) is 18.5. The summed E-state index contributed by atoms with van der Waals surface area (Å²) in [5, 5.41) is 3.27. The zero-order valence-electron chi connectivity index (χ0n) is 15.8. The summed E-state index contributed by atoms with van der Waals surface area (Å²) in [6, 6.07) is 6.63. The van der Waals surface area contributed by atoms with Crippen molar-refractivity contribution in [1.82, 2.24) is 24.4 Å². The van der Waals surface area contributed by atoms with Gasteiger partial charge in [-0.25, -0.2) is 19.3 Å². The molecule has 3 aromatic rings. The third-order valence-electron chi connectivity index (χ3n) is 4.80. The van der Waals surface area contributed by atoms with Crippen LogP contribution in [0.15, 0.2) is 42.9 Å². The molecule has 146 valence electrons. The van der Waals surface area contributed by atoms with E-state index in [-0.39, 0.29) is 5.82 Å². The Balaban J connectivity index is 1.60. The van der Waals surface area contributed by atoms with Crippen molar-refractivity contribution < 1.29 is 9.13 Å². The summed E-state index contributed by atoms with van der Waals surface area (Å²) in [6.07, 6.45) is 5.20. The molecule has 1 fully saturated rings. The van der Waals surface area contributed by atoms with Crippen LogP contribution >= 0.6 is 0 Å². The minimum absolute atomic E-state index is 0.311. The van der Waals surface area contributed by atoms with E-state index in [1.807, 2.05) is 17.8 Å². The summed E-state index contributed by atoms with van der Waals surface area (Å²) in [5.41, 5.74) is 1.67. The second kappa shape index (κ2) is 8.45. The fourth-order valence-corrected chi connectivity index (χ4v) is 3.26. The predicted octanol–water partition coefficient (Wildman–Crippen LogP) is 2.43. The topological polar surface area (TPSA) is 68.1 Å². The van der Waals surface area contributed by atoms with Crippen LogP contribution in [0, 0.1) is 5.82 Å². The van der Waals surface area contributed by atoms with Gasteiger partial charge in [-0.2, -0.15) is 0 Å². The van der Waals surface area contributed by atoms with Gasteiger partial charge in [0.25, 0.3) is 0 Å². The van der Waals surface area contributed by atoms with Gasteiger partial charge in [-0.05, 0) is 6.07 Å². The Morgan fingerprint density at radius 3 is 2.71 bits per heavy atom. The highest BCUT2D eigenvalue weighted by atomic mass is 19.1. The molecule has 7 nitrogen and oxygen atoms in total. The van der Waals surface area contributed by atoms with E-state index < -0.39 is 0 Å². The van der Waals surface area contributed by atoms with Crippen LogP contribution in [0.25, 0.3) is 22.6 Å². The fraction of sp³-hybridized carbons (Fsp3) is 0.350. The Kier molecular flexibility index (Phi) is 5.59. The Bertz CT molecular complexity index is 938. The standard InChI is InChI=1S/C20H23FN6O/c1-26-8-6-22-19(26)18-16(15-4-2-3-5-17(15)21)14-24-20(25-18)23-7-9-27-10-12-28-13-11-27/h2-6,8,14H,7,9-13H2,1H3,(H,23,24,25). The quantitative estimate of drug-likeness (QED) is 0.706. The Morgan fingerprint density at radius 1 is 1.14 bits per heavy atom. The number of benzene rings is 1. The lowest BCUT2D eigenvalue weighted by molar-refractivity contribution is 0.0398. The average molecular weight is 382 g/mol. The van der Waals surface area contributed by atoms with Gasteiger partial charge in [0, 0.05) is 62.9 Å². The average Bonchev–Trinajstić information content (AvgIpc) is 3.15. The molecule has 2 aromatic heterocycles. The maximum absolute atomic E-state index is 14.4. The number of hydrogen-bond acceptors (Lipinski definition) is 6. The molecule has 0 aliphatic carbocycles. The van der Waals surface area contributed by atoms with Crippen molar-refractivity contribution in [3.05, 3.63) is 48.7 Å². The van der Waals surface area contributed by atoms with Gasteiger partial charge in [-0.1, -0.05) is 18.2 Å². The van der Waals surface area contributed by atoms with Gasteiger partial charge in [0.2, 0.25) is 5.95 Å². The largest absolute Gasteiger partial charge is 0.379 e. The highest BCUT2D eigenvalue weighted by Crippen LogP contribution is 2.31. The fourth-order valence-electron chi connectivity index (χ4n) is 3.26. The van der Waals surface area contributed by atoms with E-state index in [1.54, 1.807) is 30.6 Å². The molecule has 0 unspecified atom stereocenters. The molecule has 1 aromatic carbocycles. The van der Waals surface area contributed by atoms with E-state index in [1.165, 1.54) is 6.07 Å². The monoisotopic (exact) mass is 382 g/mol. The predicted molar refractivity (Wildman–Crippen MR) is 105 cm³/mol. The number of aryl methyl sites for hydroxylation is 1. The van der Waals surface area contributed by atoms with Crippen molar-refractivity contribution in [2.24, 2.45) is 7.05 Å². The normalized spacial score (nSPS) is 14.9. The summed E-state index contributed by atoms with van der Waals surface area (Å²) < 4.78 is 21.6. The Labute approximate surface area is 163 Å². The summed E-state index contributed by atoms with van der Waals surface area (Å²) in [4.78, 5) is 15.8. The highest BCUT2D eigenvalue weighted by molar-refractivity contribution is 5.78. The van der Waals surface area contributed by atoms with Crippen LogP contribution in [0.4, 0.5) is 10.3 Å². The van der Waals surface area contributed by atoms with E-state index in [9.17, 15) is 4.39 Å². The number of nitrogens with one attached hydrogen (secondary N) is 1. The zero-order chi connectivity index (χ0) is 19.3. The molecule has 1 saturated heterocycles. The number of imidazole rings is 1. The summed E-state index contributed by atoms with van der Waals surface area (Å²) >= 11 is 0. The van der Waals surface area contributed by atoms with E-state index >= 15 is 0 Å². The van der Waals surface area contributed by atoms with Gasteiger partial charge >= 0.3 is 0 Å². The van der Waals surface area contributed by atoms with E-state index in [4.69, 9.17) is 4.74 Å². The van der Waals surface area contributed by atoms with Crippen molar-refractivity contribution >= 4 is 5.95 Å². The second-order valence-electron chi connectivity index (χ2n) is 6.68. The van der Waals surface area contributed by atoms with Gasteiger partial charge in [-0.3, -0.25) is 4.90 Å². The lowest BCUT2D eigenvalue weighted by Crippen LogP contribution is -2.39. The lowest BCUT2D eigenvalue weighted by atomic mass is 10.0. The molecular formula is C20H23FN6O. The van der Waals surface area contributed by atoms with Crippen molar-refractivity contribution in [2.45, 2.75) is 0 Å². The minimum atomic E-state index is -0.311. The number of halogens is 1. The number of rotatable bonds is 6. The molecule has 3 heterocycles. The molecular weight excluding hydrogens is 359 g/mol. The minimum Gasteiger partial charge on any atom is -0.379 e. The second-order valence-corrected chi connectivity index (χ2v) is 6.68. The van der Waals surface area contributed by atoms with Crippen LogP contribution < -0.4 is 5.32 Å². The van der Waals surface area contributed by atoms with Gasteiger partial charge in [0.15, 0.2) is 5.82 Å². The van der Waals surface area contributed by atoms with Crippen molar-refractivity contribution in [3.8, 4) is 22.6 Å². The first-order valence-corrected chi connectivity index (χ1v) is 9.36. The first-order valence-electron chi connectivity index (χ1n) is 9.36. The Morgan fingerprint density at radius 2 is 1.96 bits per heavy atom. The first-order chi connectivity index (χ1) is 13.7. The number of ether oxygens (including phenoxy) is 1. The maximum Gasteiger partial charge on any atom is 0.223 e. The van der Waals surface area contributed by atoms with E-state index in [0.29, 0.717) is 28.6 Å². The van der Waals surface area contributed by atoms with Gasteiger partial charge < -0.3 is 14.6 Å². The maximum atomic E-state index is 14.4. The number of nitrogens with zero attached hydrogens (tertiary/aromatic N) is 5. The van der Waals surface area contributed by atoms with Crippen molar-refractivity contribution in [2.75, 3.05) is 44.7 Å². The number of anilines is 1. The Hall–Kier alpha value is -2.84. The molecule has 0 atom stereocenters. The molecule has 1 aliphatic rings. The molecule has 1 N–H and O–H groups in total. The molecule has 0 saturated carbocycles. The van der Waals surface area contributed by atoms with Crippen molar-refractivity contribution in [1.29, 1.82) is 0 Å². The van der Waals surface area contributed by atoms with Crippen LogP contribution in [0.1, 0.15) is 0 Å². The molecule has 0 bridgehead atoms. The van der Waals surface area contributed by atoms with Crippen LogP contribution in [0.2, 0.25) is 0 Å². The van der Waals surface area contributed by atoms with Crippen LogP contribution in [0.5, 0.6) is 0 Å². The smallest absolute Gasteiger partial charge is 0.223 e. The zero-order valence-corrected chi connectivity index (χ0v) is 15.8.